The first-order chi connectivity index (χ1) is 9.88. The summed E-state index contributed by atoms with van der Waals surface area (Å²) in [4.78, 5) is 0. The second kappa shape index (κ2) is 6.17. The number of nitrogens with one attached hydrogen (secondary N) is 1. The summed E-state index contributed by atoms with van der Waals surface area (Å²) in [6, 6.07) is 12.2. The number of para-hydroxylation sites is 1. The number of hydrogen-bond acceptors (Lipinski definition) is 4. The summed E-state index contributed by atoms with van der Waals surface area (Å²) in [5.74, 6) is 6.22. The summed E-state index contributed by atoms with van der Waals surface area (Å²) < 4.78 is 7.30. The van der Waals surface area contributed by atoms with E-state index in [1.54, 1.807) is 0 Å². The van der Waals surface area contributed by atoms with E-state index in [1.807, 2.05) is 47.3 Å². The van der Waals surface area contributed by atoms with Crippen LogP contribution >= 0.6 is 0 Å². The van der Waals surface area contributed by atoms with E-state index in [2.05, 4.69) is 10.5 Å². The van der Waals surface area contributed by atoms with Gasteiger partial charge >= 0.3 is 0 Å². The average Bonchev–Trinajstić information content (AvgIpc) is 3.00. The Bertz CT molecular complexity index is 534. The zero-order valence-electron chi connectivity index (χ0n) is 11.4. The lowest BCUT2D eigenvalue weighted by Gasteiger charge is -2.28. The second-order valence-corrected chi connectivity index (χ2v) is 5.11. The van der Waals surface area contributed by atoms with Crippen LogP contribution in [0.5, 0.6) is 0 Å². The maximum absolute atomic E-state index is 5.74. The Labute approximate surface area is 118 Å². The van der Waals surface area contributed by atoms with Crippen molar-refractivity contribution in [2.75, 3.05) is 13.2 Å². The molecule has 3 N–H and O–H groups in total. The second-order valence-electron chi connectivity index (χ2n) is 5.11. The highest BCUT2D eigenvalue weighted by molar-refractivity contribution is 5.30. The van der Waals surface area contributed by atoms with Gasteiger partial charge in [0.05, 0.1) is 17.4 Å². The zero-order chi connectivity index (χ0) is 13.8. The molecule has 1 saturated heterocycles. The molecular weight excluding hydrogens is 252 g/mol. The lowest BCUT2D eigenvalue weighted by atomic mass is 9.90. The third-order valence-corrected chi connectivity index (χ3v) is 3.87. The summed E-state index contributed by atoms with van der Waals surface area (Å²) in [5, 5.41) is 4.66. The highest BCUT2D eigenvalue weighted by Crippen LogP contribution is 2.28. The largest absolute Gasteiger partial charge is 0.381 e. The van der Waals surface area contributed by atoms with Gasteiger partial charge in [0.1, 0.15) is 0 Å². The lowest BCUT2D eigenvalue weighted by Crippen LogP contribution is -2.36. The van der Waals surface area contributed by atoms with Crippen LogP contribution < -0.4 is 11.3 Å². The predicted octanol–water partition coefficient (Wildman–Crippen LogP) is 1.80. The maximum Gasteiger partial charge on any atom is 0.0814 e. The van der Waals surface area contributed by atoms with Gasteiger partial charge in [0, 0.05) is 19.4 Å². The van der Waals surface area contributed by atoms with Crippen molar-refractivity contribution in [3.63, 3.8) is 0 Å². The first-order valence-corrected chi connectivity index (χ1v) is 7.03. The van der Waals surface area contributed by atoms with Crippen molar-refractivity contribution in [3.8, 4) is 5.69 Å². The van der Waals surface area contributed by atoms with Crippen molar-refractivity contribution in [2.24, 2.45) is 11.8 Å². The van der Waals surface area contributed by atoms with Crippen LogP contribution in [0.1, 0.15) is 24.6 Å². The molecule has 0 saturated carbocycles. The number of benzene rings is 1. The number of ether oxygens (including phenoxy) is 1. The van der Waals surface area contributed by atoms with E-state index in [0.29, 0.717) is 5.92 Å². The Morgan fingerprint density at radius 3 is 2.65 bits per heavy atom. The van der Waals surface area contributed by atoms with Crippen LogP contribution in [0.2, 0.25) is 0 Å². The van der Waals surface area contributed by atoms with Gasteiger partial charge in [-0.1, -0.05) is 18.2 Å². The fourth-order valence-corrected chi connectivity index (χ4v) is 2.74. The number of nitrogens with zero attached hydrogens (tertiary/aromatic N) is 2. The van der Waals surface area contributed by atoms with E-state index >= 15 is 0 Å². The molecule has 1 atom stereocenters. The number of rotatable bonds is 4. The van der Waals surface area contributed by atoms with Crippen LogP contribution in [0.4, 0.5) is 0 Å². The molecular formula is C15H20N4O. The molecule has 0 bridgehead atoms. The van der Waals surface area contributed by atoms with E-state index in [-0.39, 0.29) is 6.04 Å². The Balaban J connectivity index is 1.80. The average molecular weight is 272 g/mol. The monoisotopic (exact) mass is 272 g/mol. The van der Waals surface area contributed by atoms with Gasteiger partial charge < -0.3 is 4.74 Å². The Kier molecular flexibility index (Phi) is 4.11. The van der Waals surface area contributed by atoms with Crippen LogP contribution in [0.15, 0.2) is 42.6 Å². The zero-order valence-corrected chi connectivity index (χ0v) is 11.4. The minimum Gasteiger partial charge on any atom is -0.381 e. The quantitative estimate of drug-likeness (QED) is 0.658. The fraction of sp³-hybridized carbons (Fsp3) is 0.400. The molecule has 1 aliphatic rings. The van der Waals surface area contributed by atoms with E-state index in [1.165, 1.54) is 0 Å². The van der Waals surface area contributed by atoms with Crippen molar-refractivity contribution in [1.82, 2.24) is 15.2 Å². The van der Waals surface area contributed by atoms with Gasteiger partial charge in [0.25, 0.3) is 0 Å². The number of aromatic nitrogens is 2. The van der Waals surface area contributed by atoms with E-state index in [9.17, 15) is 0 Å². The molecule has 1 fully saturated rings. The van der Waals surface area contributed by atoms with Crippen LogP contribution in [0.25, 0.3) is 5.69 Å². The van der Waals surface area contributed by atoms with Gasteiger partial charge in [-0.05, 0) is 37.0 Å². The molecule has 20 heavy (non-hydrogen) atoms. The van der Waals surface area contributed by atoms with Gasteiger partial charge in [-0.2, -0.15) is 5.10 Å². The number of hydrazine groups is 1. The summed E-state index contributed by atoms with van der Waals surface area (Å²) in [6.07, 6.45) is 4.02. The first kappa shape index (κ1) is 13.3. The van der Waals surface area contributed by atoms with Gasteiger partial charge in [0.15, 0.2) is 0 Å². The van der Waals surface area contributed by atoms with E-state index < -0.39 is 0 Å². The molecule has 1 aromatic carbocycles. The molecule has 0 aliphatic carbocycles. The maximum atomic E-state index is 5.74. The molecule has 1 unspecified atom stereocenters. The third-order valence-electron chi connectivity index (χ3n) is 3.87. The standard InChI is InChI=1S/C15H20N4O/c16-17-15(12-7-10-20-11-8-12)14-6-9-19(18-14)13-4-2-1-3-5-13/h1-6,9,12,15,17H,7-8,10-11,16H2. The Morgan fingerprint density at radius 1 is 1.20 bits per heavy atom. The number of hydrogen-bond donors (Lipinski definition) is 2. The van der Waals surface area contributed by atoms with Crippen LogP contribution in [-0.4, -0.2) is 23.0 Å². The minimum atomic E-state index is 0.0869. The molecule has 1 aliphatic heterocycles. The van der Waals surface area contributed by atoms with Gasteiger partial charge in [-0.25, -0.2) is 4.68 Å². The molecule has 1 aromatic heterocycles. The minimum absolute atomic E-state index is 0.0869. The van der Waals surface area contributed by atoms with Crippen molar-refractivity contribution in [3.05, 3.63) is 48.3 Å². The first-order valence-electron chi connectivity index (χ1n) is 7.03. The SMILES string of the molecule is NNC(c1ccn(-c2ccccc2)n1)C1CCOCC1. The predicted molar refractivity (Wildman–Crippen MR) is 77.2 cm³/mol. The molecule has 0 amide bonds. The summed E-state index contributed by atoms with van der Waals surface area (Å²) >= 11 is 0. The van der Waals surface area contributed by atoms with Crippen LogP contribution in [0.3, 0.4) is 0 Å². The van der Waals surface area contributed by atoms with Crippen molar-refractivity contribution < 1.29 is 4.74 Å². The molecule has 2 heterocycles. The van der Waals surface area contributed by atoms with Crippen molar-refractivity contribution in [1.29, 1.82) is 0 Å². The van der Waals surface area contributed by atoms with Gasteiger partial charge in [0.2, 0.25) is 0 Å². The van der Waals surface area contributed by atoms with Crippen LogP contribution in [0, 0.1) is 5.92 Å². The topological polar surface area (TPSA) is 65.1 Å². The molecule has 3 rings (SSSR count). The van der Waals surface area contributed by atoms with Gasteiger partial charge in [-0.15, -0.1) is 0 Å². The molecule has 2 aromatic rings. The van der Waals surface area contributed by atoms with E-state index in [0.717, 1.165) is 37.4 Å². The van der Waals surface area contributed by atoms with E-state index in [4.69, 9.17) is 10.6 Å². The fourth-order valence-electron chi connectivity index (χ4n) is 2.74. The summed E-state index contributed by atoms with van der Waals surface area (Å²) in [6.45, 7) is 1.62. The van der Waals surface area contributed by atoms with Crippen molar-refractivity contribution in [2.45, 2.75) is 18.9 Å². The normalized spacial score (nSPS) is 18.1. The summed E-state index contributed by atoms with van der Waals surface area (Å²) in [5.41, 5.74) is 4.97. The smallest absolute Gasteiger partial charge is 0.0814 e. The van der Waals surface area contributed by atoms with Gasteiger partial charge in [-0.3, -0.25) is 11.3 Å². The van der Waals surface area contributed by atoms with Crippen LogP contribution in [-0.2, 0) is 4.74 Å². The van der Waals surface area contributed by atoms with Crippen molar-refractivity contribution >= 4 is 0 Å². The lowest BCUT2D eigenvalue weighted by molar-refractivity contribution is 0.0530. The Morgan fingerprint density at radius 2 is 1.95 bits per heavy atom. The molecule has 5 nitrogen and oxygen atoms in total. The highest BCUT2D eigenvalue weighted by atomic mass is 16.5. The molecule has 0 spiro atoms. The highest BCUT2D eigenvalue weighted by Gasteiger charge is 2.26. The molecule has 5 heteroatoms. The molecule has 106 valence electrons. The Hall–Kier alpha value is -1.69. The third kappa shape index (κ3) is 2.75. The summed E-state index contributed by atoms with van der Waals surface area (Å²) in [7, 11) is 0. The number of nitrogens with two attached hydrogens (primary N) is 1. The molecule has 0 radical (unpaired) electrons.